The van der Waals surface area contributed by atoms with Crippen LogP contribution in [0.3, 0.4) is 0 Å². The predicted octanol–water partition coefficient (Wildman–Crippen LogP) is 7.17. The Morgan fingerprint density at radius 3 is 2.32 bits per heavy atom. The summed E-state index contributed by atoms with van der Waals surface area (Å²) in [5.74, 6) is 0.489. The van der Waals surface area contributed by atoms with Crippen LogP contribution < -0.4 is 0 Å². The topological polar surface area (TPSA) is 57.0 Å². The summed E-state index contributed by atoms with van der Waals surface area (Å²) in [4.78, 5) is 30.4. The molecule has 5 aliphatic rings. The summed E-state index contributed by atoms with van der Waals surface area (Å²) in [6.45, 7) is 25.8. The van der Waals surface area contributed by atoms with Crippen LogP contribution in [0, 0.1) is 63.4 Å². The first-order valence-electron chi connectivity index (χ1n) is 14.3. The van der Waals surface area contributed by atoms with Crippen LogP contribution in [0.2, 0.25) is 0 Å². The number of esters is 1. The standard InChI is InChI=1S/C32H46NO4/c1-27(2)13-15-32(26(35)36-9)16-14-31(7)25(20(32)18-27)37-17-11-23-29(5)19-21(33-8)24(34)28(3,4)22(29)10-12-30(23,31)6/h17,19-20,22-23,25H,10-16,18H2,1-7,9H3/t20-,22-,23+,25+,29-,30+,31+,32-/m0/s1. The fourth-order valence-electron chi connectivity index (χ4n) is 10.4. The second-order valence-electron chi connectivity index (χ2n) is 15.1. The van der Waals surface area contributed by atoms with Gasteiger partial charge in [-0.05, 0) is 84.9 Å². The van der Waals surface area contributed by atoms with Crippen molar-refractivity contribution in [3.63, 3.8) is 0 Å². The van der Waals surface area contributed by atoms with Gasteiger partial charge in [-0.15, -0.1) is 0 Å². The second-order valence-corrected chi connectivity index (χ2v) is 15.1. The smallest absolute Gasteiger partial charge is 0.312 e. The van der Waals surface area contributed by atoms with Crippen molar-refractivity contribution in [2.24, 2.45) is 50.2 Å². The van der Waals surface area contributed by atoms with Crippen LogP contribution in [-0.2, 0) is 19.1 Å². The van der Waals surface area contributed by atoms with Gasteiger partial charge in [-0.25, -0.2) is 4.85 Å². The Balaban J connectivity index is 1.63. The molecule has 0 N–H and O–H groups in total. The quantitative estimate of drug-likeness (QED) is 0.278. The van der Waals surface area contributed by atoms with Gasteiger partial charge in [-0.1, -0.05) is 54.5 Å². The molecule has 1 radical (unpaired) electrons. The lowest BCUT2D eigenvalue weighted by atomic mass is 9.36. The van der Waals surface area contributed by atoms with Crippen molar-refractivity contribution in [1.29, 1.82) is 0 Å². The van der Waals surface area contributed by atoms with Crippen molar-refractivity contribution < 1.29 is 19.1 Å². The molecule has 0 aromatic heterocycles. The number of ether oxygens (including phenoxy) is 2. The molecule has 8 atom stereocenters. The third kappa shape index (κ3) is 3.36. The van der Waals surface area contributed by atoms with Gasteiger partial charge in [0.2, 0.25) is 5.70 Å². The first-order valence-corrected chi connectivity index (χ1v) is 14.3. The SMILES string of the molecule is [C-]#[N+]C1=C[C@]2(C)[C@H]3C[CH]O[C@@H]4[C@@H]5CC(C)(C)CC[C@]5(C(=O)OC)CC[C@@]4(C)[C@]3(C)CC[C@H]2C(C)(C)C1=O. The number of carbonyl (C=O) groups is 2. The van der Waals surface area contributed by atoms with Gasteiger partial charge >= 0.3 is 5.97 Å². The van der Waals surface area contributed by atoms with Crippen molar-refractivity contribution in [1.82, 2.24) is 0 Å². The molecule has 0 aromatic carbocycles. The van der Waals surface area contributed by atoms with E-state index in [-0.39, 0.29) is 57.3 Å². The first-order chi connectivity index (χ1) is 17.1. The summed E-state index contributed by atoms with van der Waals surface area (Å²) < 4.78 is 12.3. The van der Waals surface area contributed by atoms with Gasteiger partial charge in [0.25, 0.3) is 0 Å². The fourth-order valence-corrected chi connectivity index (χ4v) is 10.4. The summed E-state index contributed by atoms with van der Waals surface area (Å²) >= 11 is 0. The molecule has 5 heteroatoms. The molecule has 0 bridgehead atoms. The highest BCUT2D eigenvalue weighted by atomic mass is 16.5. The molecule has 4 fully saturated rings. The Labute approximate surface area is 223 Å². The average Bonchev–Trinajstić information content (AvgIpc) is 2.95. The van der Waals surface area contributed by atoms with E-state index in [1.165, 1.54) is 7.11 Å². The van der Waals surface area contributed by atoms with E-state index < -0.39 is 10.8 Å². The van der Waals surface area contributed by atoms with Crippen LogP contribution in [0.25, 0.3) is 4.85 Å². The minimum atomic E-state index is -0.557. The maximum Gasteiger partial charge on any atom is 0.312 e. The molecule has 0 spiro atoms. The van der Waals surface area contributed by atoms with E-state index in [4.69, 9.17) is 16.0 Å². The molecule has 1 heterocycles. The second kappa shape index (κ2) is 8.17. The van der Waals surface area contributed by atoms with Crippen LogP contribution in [-0.4, -0.2) is 25.0 Å². The highest BCUT2D eigenvalue weighted by molar-refractivity contribution is 6.02. The molecule has 1 aliphatic heterocycles. The van der Waals surface area contributed by atoms with E-state index in [0.717, 1.165) is 51.4 Å². The average molecular weight is 509 g/mol. The summed E-state index contributed by atoms with van der Waals surface area (Å²) in [6, 6.07) is 0. The number of ketones is 1. The van der Waals surface area contributed by atoms with E-state index in [1.54, 1.807) is 0 Å². The zero-order valence-electron chi connectivity index (χ0n) is 24.2. The highest BCUT2D eigenvalue weighted by Gasteiger charge is 2.70. The lowest BCUT2D eigenvalue weighted by Crippen LogP contribution is -2.66. The van der Waals surface area contributed by atoms with Crippen LogP contribution in [0.1, 0.15) is 99.8 Å². The van der Waals surface area contributed by atoms with E-state index in [1.807, 2.05) is 12.7 Å². The third-order valence-corrected chi connectivity index (χ3v) is 12.8. The fraction of sp³-hybridized carbons (Fsp3) is 0.812. The van der Waals surface area contributed by atoms with Crippen LogP contribution in [0.5, 0.6) is 0 Å². The predicted molar refractivity (Wildman–Crippen MR) is 143 cm³/mol. The first kappa shape index (κ1) is 26.9. The monoisotopic (exact) mass is 508 g/mol. The molecule has 0 unspecified atom stereocenters. The van der Waals surface area contributed by atoms with Gasteiger partial charge in [0.05, 0.1) is 31.8 Å². The van der Waals surface area contributed by atoms with Crippen LogP contribution in [0.4, 0.5) is 0 Å². The number of methoxy groups -OCH3 is 1. The molecule has 0 aromatic rings. The van der Waals surface area contributed by atoms with Crippen molar-refractivity contribution in [3.8, 4) is 0 Å². The van der Waals surface area contributed by atoms with Crippen molar-refractivity contribution in [2.45, 2.75) is 106 Å². The van der Waals surface area contributed by atoms with Gasteiger partial charge in [-0.2, -0.15) is 0 Å². The number of fused-ring (bicyclic) bond motifs is 7. The largest absolute Gasteiger partial charge is 0.469 e. The minimum Gasteiger partial charge on any atom is -0.469 e. The highest BCUT2D eigenvalue weighted by Crippen LogP contribution is 2.73. The molecule has 5 nitrogen and oxygen atoms in total. The number of hydrogen-bond donors (Lipinski definition) is 0. The van der Waals surface area contributed by atoms with E-state index in [2.05, 4.69) is 53.3 Å². The molecule has 3 saturated carbocycles. The zero-order valence-corrected chi connectivity index (χ0v) is 24.2. The molecule has 5 rings (SSSR count). The molecule has 203 valence electrons. The summed E-state index contributed by atoms with van der Waals surface area (Å²) in [5, 5.41) is 0. The summed E-state index contributed by atoms with van der Waals surface area (Å²) in [5.41, 5.74) is -1.03. The van der Waals surface area contributed by atoms with Gasteiger partial charge < -0.3 is 14.3 Å². The molecule has 37 heavy (non-hydrogen) atoms. The lowest BCUT2D eigenvalue weighted by molar-refractivity contribution is -0.221. The zero-order chi connectivity index (χ0) is 27.2. The number of allylic oxidation sites excluding steroid dienone is 2. The van der Waals surface area contributed by atoms with Crippen molar-refractivity contribution >= 4 is 11.8 Å². The van der Waals surface area contributed by atoms with Gasteiger partial charge in [0, 0.05) is 11.3 Å². The molecule has 0 amide bonds. The molecular formula is C32H46NO4. The van der Waals surface area contributed by atoms with Crippen LogP contribution >= 0.6 is 0 Å². The Hall–Kier alpha value is -1.67. The number of carbonyl (C=O) groups excluding carboxylic acids is 2. The Morgan fingerprint density at radius 1 is 1.00 bits per heavy atom. The minimum absolute atomic E-state index is 0.00326. The number of nitrogens with zero attached hydrogens (tertiary/aromatic N) is 1. The van der Waals surface area contributed by atoms with Gasteiger partial charge in [0.15, 0.2) is 5.78 Å². The van der Waals surface area contributed by atoms with E-state index >= 15 is 0 Å². The third-order valence-electron chi connectivity index (χ3n) is 12.8. The van der Waals surface area contributed by atoms with E-state index in [9.17, 15) is 9.59 Å². The van der Waals surface area contributed by atoms with E-state index in [0.29, 0.717) is 5.70 Å². The van der Waals surface area contributed by atoms with Gasteiger partial charge in [0.1, 0.15) is 0 Å². The Morgan fingerprint density at radius 2 is 1.68 bits per heavy atom. The molecule has 1 saturated heterocycles. The van der Waals surface area contributed by atoms with Crippen molar-refractivity contribution in [2.75, 3.05) is 7.11 Å². The lowest BCUT2D eigenvalue weighted by Gasteiger charge is -2.68. The number of rotatable bonds is 1. The number of hydrogen-bond acceptors (Lipinski definition) is 4. The maximum atomic E-state index is 13.4. The summed E-state index contributed by atoms with van der Waals surface area (Å²) in [6.07, 6.45) is 9.38. The Kier molecular flexibility index (Phi) is 5.94. The maximum absolute atomic E-state index is 13.4. The summed E-state index contributed by atoms with van der Waals surface area (Å²) in [7, 11) is 1.54. The van der Waals surface area contributed by atoms with Gasteiger partial charge in [-0.3, -0.25) is 4.79 Å². The Bertz CT molecular complexity index is 1080. The molecular weight excluding hydrogens is 462 g/mol. The van der Waals surface area contributed by atoms with Crippen molar-refractivity contribution in [3.05, 3.63) is 29.8 Å². The molecule has 4 aliphatic carbocycles. The number of Topliss-reactive ketones (excluding diaryl/α,β-unsaturated/α-hetero) is 1. The van der Waals surface area contributed by atoms with Crippen LogP contribution in [0.15, 0.2) is 11.8 Å². The normalized spacial score (nSPS) is 48.1.